The minimum Gasteiger partial charge on any atom is -0.461 e. The highest BCUT2D eigenvalue weighted by molar-refractivity contribution is 7.12. The summed E-state index contributed by atoms with van der Waals surface area (Å²) in [6, 6.07) is 20.9. The van der Waals surface area contributed by atoms with E-state index < -0.39 is 0 Å². The highest BCUT2D eigenvalue weighted by Gasteiger charge is 2.30. The summed E-state index contributed by atoms with van der Waals surface area (Å²) in [4.78, 5) is 6.87. The van der Waals surface area contributed by atoms with E-state index in [0.717, 1.165) is 67.0 Å². The summed E-state index contributed by atoms with van der Waals surface area (Å²) >= 11 is 1.58. The van der Waals surface area contributed by atoms with Crippen LogP contribution in [0.2, 0.25) is 0 Å². The highest BCUT2D eigenvalue weighted by Crippen LogP contribution is 2.40. The van der Waals surface area contributed by atoms with Gasteiger partial charge in [-0.05, 0) is 129 Å². The van der Waals surface area contributed by atoms with Crippen molar-refractivity contribution in [1.82, 2.24) is 14.6 Å². The van der Waals surface area contributed by atoms with Gasteiger partial charge in [-0.25, -0.2) is 0 Å². The standard InChI is InChI=1S/C38H42N8OS/c1-44-16-15-25(22-44)32-23-46(34-14-10-27(20-30(32)34)42-37(39)35-5-3-17-47-35)45(2)28-11-7-24(8-12-28)31-21-41-33-13-9-26(19-29(31)33)43-38(40)36-6-4-18-48-36/h3-6,9-10,13-14,17-21,23-25,28,41H,7-8,11-12,15-16,22H2,1-2H3,(H2,39,42)(H2,40,43). The summed E-state index contributed by atoms with van der Waals surface area (Å²) in [5.41, 5.74) is 6.99. The molecule has 1 saturated heterocycles. The van der Waals surface area contributed by atoms with E-state index >= 15 is 0 Å². The molecule has 48 heavy (non-hydrogen) atoms. The van der Waals surface area contributed by atoms with Crippen LogP contribution in [0.3, 0.4) is 0 Å². The molecule has 4 aromatic heterocycles. The first-order chi connectivity index (χ1) is 23.4. The number of likely N-dealkylation sites (N-methyl/N-ethyl adjacent to an activating group) is 1. The predicted molar refractivity (Wildman–Crippen MR) is 198 cm³/mol. The molecule has 5 heterocycles. The van der Waals surface area contributed by atoms with Crippen molar-refractivity contribution < 1.29 is 4.42 Å². The molecule has 2 fully saturated rings. The molecule has 0 bridgehead atoms. The van der Waals surface area contributed by atoms with E-state index in [-0.39, 0.29) is 5.84 Å². The number of anilines is 2. The number of furan rings is 1. The molecule has 5 N–H and O–H groups in total. The average molecular weight is 659 g/mol. The number of aromatic amines is 1. The molecule has 6 aromatic rings. The fourth-order valence-electron chi connectivity index (χ4n) is 7.84. The fraction of sp³-hybridized carbons (Fsp3) is 0.316. The lowest BCUT2D eigenvalue weighted by Gasteiger charge is -2.37. The van der Waals surface area contributed by atoms with E-state index in [1.807, 2.05) is 23.6 Å². The minimum atomic E-state index is 0.260. The monoisotopic (exact) mass is 658 g/mol. The molecule has 8 rings (SSSR count). The number of rotatable bonds is 8. The first kappa shape index (κ1) is 30.5. The van der Waals surface area contributed by atoms with Gasteiger partial charge < -0.3 is 29.9 Å². The molecule has 2 aromatic carbocycles. The first-order valence-electron chi connectivity index (χ1n) is 16.9. The number of hydrogen-bond acceptors (Lipinski definition) is 6. The zero-order valence-electron chi connectivity index (χ0n) is 27.4. The second kappa shape index (κ2) is 12.7. The van der Waals surface area contributed by atoms with Gasteiger partial charge in [-0.2, -0.15) is 0 Å². The summed E-state index contributed by atoms with van der Waals surface area (Å²) in [5.74, 6) is 2.21. The molecule has 1 aliphatic carbocycles. The van der Waals surface area contributed by atoms with Crippen molar-refractivity contribution in [2.24, 2.45) is 0 Å². The molecule has 0 radical (unpaired) electrons. The summed E-state index contributed by atoms with van der Waals surface area (Å²) in [6.45, 7) is 2.17. The van der Waals surface area contributed by atoms with E-state index in [4.69, 9.17) is 15.2 Å². The van der Waals surface area contributed by atoms with Gasteiger partial charge in [0.1, 0.15) is 5.84 Å². The Bertz CT molecular complexity index is 2070. The number of thiophene rings is 1. The van der Waals surface area contributed by atoms with Gasteiger partial charge in [0.05, 0.1) is 16.7 Å². The van der Waals surface area contributed by atoms with Crippen LogP contribution in [0.5, 0.6) is 0 Å². The van der Waals surface area contributed by atoms with Crippen molar-refractivity contribution in [2.45, 2.75) is 50.0 Å². The third kappa shape index (κ3) is 5.79. The molecule has 1 atom stereocenters. The summed E-state index contributed by atoms with van der Waals surface area (Å²) in [5, 5.41) is 30.5. The number of amidine groups is 2. The number of nitrogens with zero attached hydrogens (tertiary/aromatic N) is 3. The number of hydrogen-bond donors (Lipinski definition) is 5. The van der Waals surface area contributed by atoms with Crippen LogP contribution in [-0.4, -0.2) is 59.5 Å². The van der Waals surface area contributed by atoms with Crippen LogP contribution in [0.1, 0.15) is 65.7 Å². The largest absolute Gasteiger partial charge is 0.461 e. The zero-order chi connectivity index (χ0) is 32.8. The average Bonchev–Trinajstić information content (AvgIpc) is 3.94. The molecule has 246 valence electrons. The smallest absolute Gasteiger partial charge is 0.168 e. The van der Waals surface area contributed by atoms with Crippen molar-refractivity contribution in [1.29, 1.82) is 10.8 Å². The highest BCUT2D eigenvalue weighted by atomic mass is 32.1. The molecule has 9 nitrogen and oxygen atoms in total. The van der Waals surface area contributed by atoms with Gasteiger partial charge in [0.25, 0.3) is 0 Å². The van der Waals surface area contributed by atoms with Gasteiger partial charge in [-0.3, -0.25) is 15.5 Å². The second-order valence-corrected chi connectivity index (χ2v) is 14.4. The Morgan fingerprint density at radius 2 is 1.69 bits per heavy atom. The van der Waals surface area contributed by atoms with Gasteiger partial charge in [0.15, 0.2) is 11.6 Å². The van der Waals surface area contributed by atoms with E-state index in [1.54, 1.807) is 23.7 Å². The van der Waals surface area contributed by atoms with Crippen LogP contribution in [0.4, 0.5) is 11.4 Å². The van der Waals surface area contributed by atoms with E-state index in [9.17, 15) is 0 Å². The lowest BCUT2D eigenvalue weighted by atomic mass is 9.81. The molecule has 1 aliphatic heterocycles. The zero-order valence-corrected chi connectivity index (χ0v) is 28.2. The summed E-state index contributed by atoms with van der Waals surface area (Å²) in [6.07, 6.45) is 11.8. The van der Waals surface area contributed by atoms with Gasteiger partial charge in [0, 0.05) is 59.7 Å². The van der Waals surface area contributed by atoms with E-state index in [1.165, 1.54) is 27.4 Å². The molecule has 2 aliphatic rings. The van der Waals surface area contributed by atoms with Crippen LogP contribution in [0.25, 0.3) is 21.8 Å². The number of aromatic nitrogens is 2. The van der Waals surface area contributed by atoms with Crippen LogP contribution >= 0.6 is 11.3 Å². The first-order valence-corrected chi connectivity index (χ1v) is 17.8. The van der Waals surface area contributed by atoms with Crippen LogP contribution in [-0.2, 0) is 0 Å². The van der Waals surface area contributed by atoms with Gasteiger partial charge in [0.2, 0.25) is 0 Å². The topological polar surface area (TPSA) is 112 Å². The Labute approximate surface area is 284 Å². The Balaban J connectivity index is 1.01. The molecular weight excluding hydrogens is 617 g/mol. The van der Waals surface area contributed by atoms with Crippen LogP contribution < -0.4 is 15.6 Å². The van der Waals surface area contributed by atoms with Crippen molar-refractivity contribution >= 4 is 56.2 Å². The molecule has 0 spiro atoms. The van der Waals surface area contributed by atoms with Crippen LogP contribution in [0, 0.1) is 10.8 Å². The lowest BCUT2D eigenvalue weighted by Crippen LogP contribution is -2.41. The lowest BCUT2D eigenvalue weighted by molar-refractivity contribution is 0.354. The Morgan fingerprint density at radius 3 is 2.42 bits per heavy atom. The normalized spacial score (nSPS) is 20.0. The van der Waals surface area contributed by atoms with Crippen molar-refractivity contribution in [3.63, 3.8) is 0 Å². The summed E-state index contributed by atoms with van der Waals surface area (Å²) in [7, 11) is 4.46. The van der Waals surface area contributed by atoms with E-state index in [0.29, 0.717) is 29.5 Å². The SMILES string of the molecule is CN1CCC(c2cn(N(C)C3CCC(c4c[nH]c5ccc(NC(=N)c6cccs6)cc45)CC3)c3ccc(NC(=N)c4ccco4)cc23)C1. The van der Waals surface area contributed by atoms with Crippen molar-refractivity contribution in [3.8, 4) is 0 Å². The maximum Gasteiger partial charge on any atom is 0.168 e. The minimum absolute atomic E-state index is 0.260. The Kier molecular flexibility index (Phi) is 8.06. The van der Waals surface area contributed by atoms with E-state index in [2.05, 4.69) is 93.1 Å². The van der Waals surface area contributed by atoms with Gasteiger partial charge in [-0.15, -0.1) is 11.3 Å². The van der Waals surface area contributed by atoms with Crippen LogP contribution in [0.15, 0.2) is 89.1 Å². The summed E-state index contributed by atoms with van der Waals surface area (Å²) < 4.78 is 7.83. The number of likely N-dealkylation sites (tertiary alicyclic amines) is 1. The molecule has 10 heteroatoms. The number of H-pyrrole nitrogens is 1. The fourth-order valence-corrected chi connectivity index (χ4v) is 8.47. The number of nitrogens with one attached hydrogen (secondary N) is 5. The molecule has 0 amide bonds. The maximum atomic E-state index is 8.48. The maximum absolute atomic E-state index is 8.48. The third-order valence-corrected chi connectivity index (χ3v) is 11.3. The molecular formula is C38H42N8OS. The van der Waals surface area contributed by atoms with Crippen molar-refractivity contribution in [3.05, 3.63) is 106 Å². The molecule has 1 unspecified atom stereocenters. The number of benzene rings is 2. The Morgan fingerprint density at radius 1 is 0.896 bits per heavy atom. The van der Waals surface area contributed by atoms with Crippen molar-refractivity contribution in [2.75, 3.05) is 42.8 Å². The second-order valence-electron chi connectivity index (χ2n) is 13.4. The Hall–Kier alpha value is -4.80. The number of fused-ring (bicyclic) bond motifs is 2. The van der Waals surface area contributed by atoms with Gasteiger partial charge in [-0.1, -0.05) is 6.07 Å². The molecule has 1 saturated carbocycles. The third-order valence-electron chi connectivity index (χ3n) is 10.4. The quantitative estimate of drug-likeness (QED) is 0.0834. The predicted octanol–water partition coefficient (Wildman–Crippen LogP) is 8.37. The van der Waals surface area contributed by atoms with Gasteiger partial charge >= 0.3 is 0 Å².